The number of nitrogens with zero attached hydrogens (tertiary/aromatic N) is 6. The summed E-state index contributed by atoms with van der Waals surface area (Å²) in [5.74, 6) is -0.0502. The van der Waals surface area contributed by atoms with Crippen molar-refractivity contribution in [3.8, 4) is 0 Å². The molecule has 0 radical (unpaired) electrons. The minimum Gasteiger partial charge on any atom is -0.465 e. The lowest BCUT2D eigenvalue weighted by Gasteiger charge is -2.23. The molecule has 0 spiro atoms. The Morgan fingerprint density at radius 1 is 1.17 bits per heavy atom. The highest BCUT2D eigenvalue weighted by atomic mass is 16.5. The molecule has 1 saturated heterocycles. The molecule has 1 fully saturated rings. The zero-order valence-electron chi connectivity index (χ0n) is 20.8. The number of nitrogen functional groups attached to an aromatic ring is 1. The molecule has 4 rings (SSSR count). The number of esters is 1. The number of rotatable bonds is 9. The van der Waals surface area contributed by atoms with Gasteiger partial charge in [0.2, 0.25) is 0 Å². The predicted octanol–water partition coefficient (Wildman–Crippen LogP) is 2.36. The van der Waals surface area contributed by atoms with Gasteiger partial charge in [-0.1, -0.05) is 0 Å². The molecule has 1 aromatic carbocycles. The fraction of sp³-hybridized carbons (Fsp3) is 0.458. The number of fused-ring (bicyclic) bond motifs is 1. The van der Waals surface area contributed by atoms with Gasteiger partial charge in [0.25, 0.3) is 0 Å². The van der Waals surface area contributed by atoms with Crippen molar-refractivity contribution >= 4 is 34.7 Å². The van der Waals surface area contributed by atoms with Gasteiger partial charge in [-0.05, 0) is 57.1 Å². The Morgan fingerprint density at radius 2 is 1.94 bits per heavy atom. The van der Waals surface area contributed by atoms with Gasteiger partial charge < -0.3 is 30.3 Å². The summed E-state index contributed by atoms with van der Waals surface area (Å²) in [4.78, 5) is 40.5. The van der Waals surface area contributed by atoms with Crippen LogP contribution in [0.5, 0.6) is 0 Å². The Balaban J connectivity index is 1.18. The van der Waals surface area contributed by atoms with Crippen LogP contribution in [0.3, 0.4) is 0 Å². The number of amides is 2. The van der Waals surface area contributed by atoms with Crippen LogP contribution in [0.2, 0.25) is 0 Å². The molecular weight excluding hydrogens is 464 g/mol. The molecule has 3 N–H and O–H groups in total. The van der Waals surface area contributed by atoms with E-state index in [1.807, 2.05) is 4.57 Å². The second kappa shape index (κ2) is 11.3. The first-order valence-corrected chi connectivity index (χ1v) is 11.8. The monoisotopic (exact) mass is 496 g/mol. The van der Waals surface area contributed by atoms with E-state index in [1.54, 1.807) is 42.5 Å². The van der Waals surface area contributed by atoms with E-state index in [2.05, 4.69) is 37.0 Å². The van der Waals surface area contributed by atoms with E-state index in [4.69, 9.17) is 10.5 Å². The number of ether oxygens (including phenoxy) is 2. The Bertz CT molecular complexity index is 1200. The Kier molecular flexibility index (Phi) is 7.96. The molecule has 1 aliphatic rings. The summed E-state index contributed by atoms with van der Waals surface area (Å²) in [7, 11) is 5.15. The van der Waals surface area contributed by atoms with Gasteiger partial charge in [-0.2, -0.15) is 0 Å². The second-order valence-corrected chi connectivity index (χ2v) is 8.91. The fourth-order valence-corrected chi connectivity index (χ4v) is 4.25. The largest absolute Gasteiger partial charge is 0.465 e. The van der Waals surface area contributed by atoms with Crippen LogP contribution in [0, 0.1) is 0 Å². The summed E-state index contributed by atoms with van der Waals surface area (Å²) in [5, 5.41) is 2.83. The van der Waals surface area contributed by atoms with Crippen molar-refractivity contribution < 1.29 is 19.1 Å². The molecule has 12 nitrogen and oxygen atoms in total. The predicted molar refractivity (Wildman–Crippen MR) is 134 cm³/mol. The minimum absolute atomic E-state index is 0.102. The Hall–Kier alpha value is -3.77. The van der Waals surface area contributed by atoms with Crippen LogP contribution in [0.1, 0.15) is 35.8 Å². The topological polar surface area (TPSA) is 141 Å². The van der Waals surface area contributed by atoms with Gasteiger partial charge in [0.15, 0.2) is 11.5 Å². The van der Waals surface area contributed by atoms with Crippen molar-refractivity contribution in [2.75, 3.05) is 51.9 Å². The molecular formula is C24H32N8O4. The van der Waals surface area contributed by atoms with Crippen LogP contribution >= 0.6 is 0 Å². The first-order chi connectivity index (χ1) is 17.4. The number of benzene rings is 1. The molecule has 36 heavy (non-hydrogen) atoms. The standard InChI is InChI=1S/C24H32N8O4/c1-30(11-4-12-31(2)24(34)29-17-7-5-16(6-8-17)23(33)35-3)13-18-9-10-19(36-18)32-15-28-20-21(25)26-14-27-22(20)32/h5-8,14-15,18-19H,4,9-13H2,1-3H3,(H,29,34)(H2,25,26,27)/t18-,19+/m0/s1. The number of nitrogens with two attached hydrogens (primary N) is 1. The van der Waals surface area contributed by atoms with Gasteiger partial charge >= 0.3 is 12.0 Å². The number of urea groups is 1. The van der Waals surface area contributed by atoms with E-state index >= 15 is 0 Å². The average Bonchev–Trinajstić information content (AvgIpc) is 3.51. The van der Waals surface area contributed by atoms with Crippen molar-refractivity contribution in [3.05, 3.63) is 42.5 Å². The molecule has 12 heteroatoms. The van der Waals surface area contributed by atoms with Gasteiger partial charge in [-0.25, -0.2) is 24.5 Å². The molecule has 2 atom stereocenters. The van der Waals surface area contributed by atoms with E-state index in [1.165, 1.54) is 13.4 Å². The summed E-state index contributed by atoms with van der Waals surface area (Å²) in [6.45, 7) is 2.23. The molecule has 3 heterocycles. The van der Waals surface area contributed by atoms with Crippen molar-refractivity contribution in [2.45, 2.75) is 31.6 Å². The minimum atomic E-state index is -0.414. The number of imidazole rings is 1. The van der Waals surface area contributed by atoms with Crippen LogP contribution in [0.15, 0.2) is 36.9 Å². The van der Waals surface area contributed by atoms with Crippen LogP contribution in [-0.2, 0) is 9.47 Å². The first kappa shape index (κ1) is 25.3. The van der Waals surface area contributed by atoms with Crippen molar-refractivity contribution in [1.82, 2.24) is 29.3 Å². The van der Waals surface area contributed by atoms with Gasteiger partial charge in [-0.15, -0.1) is 0 Å². The SMILES string of the molecule is COC(=O)c1ccc(NC(=O)N(C)CCCN(C)C[C@@H]2CC[C@H](n3cnc4c(N)ncnc43)O2)cc1. The number of hydrogen-bond donors (Lipinski definition) is 2. The summed E-state index contributed by atoms with van der Waals surface area (Å²) in [5.41, 5.74) is 8.21. The number of hydrogen-bond acceptors (Lipinski definition) is 9. The number of nitrogens with one attached hydrogen (secondary N) is 1. The molecule has 3 aromatic rings. The van der Waals surface area contributed by atoms with Crippen molar-refractivity contribution in [3.63, 3.8) is 0 Å². The van der Waals surface area contributed by atoms with Gasteiger partial charge in [0.05, 0.1) is 25.1 Å². The maximum absolute atomic E-state index is 12.5. The van der Waals surface area contributed by atoms with Crippen LogP contribution in [-0.4, -0.2) is 88.3 Å². The highest BCUT2D eigenvalue weighted by Crippen LogP contribution is 2.31. The lowest BCUT2D eigenvalue weighted by molar-refractivity contribution is -0.00862. The van der Waals surface area contributed by atoms with Gasteiger partial charge in [0.1, 0.15) is 18.1 Å². The number of likely N-dealkylation sites (N-methyl/N-ethyl adjacent to an activating group) is 1. The summed E-state index contributed by atoms with van der Waals surface area (Å²) in [6, 6.07) is 6.38. The Labute approximate surface area is 209 Å². The normalized spacial score (nSPS) is 17.4. The van der Waals surface area contributed by atoms with E-state index in [0.717, 1.165) is 32.4 Å². The summed E-state index contributed by atoms with van der Waals surface area (Å²) < 4.78 is 12.9. The quantitative estimate of drug-likeness (QED) is 0.427. The molecule has 0 aliphatic carbocycles. The molecule has 1 aliphatic heterocycles. The third kappa shape index (κ3) is 5.89. The van der Waals surface area contributed by atoms with E-state index in [9.17, 15) is 9.59 Å². The lowest BCUT2D eigenvalue weighted by Crippen LogP contribution is -2.35. The third-order valence-electron chi connectivity index (χ3n) is 6.24. The molecule has 0 saturated carbocycles. The first-order valence-electron chi connectivity index (χ1n) is 11.8. The summed E-state index contributed by atoms with van der Waals surface area (Å²) >= 11 is 0. The maximum Gasteiger partial charge on any atom is 0.337 e. The van der Waals surface area contributed by atoms with Gasteiger partial charge in [0, 0.05) is 25.8 Å². The van der Waals surface area contributed by atoms with Crippen LogP contribution in [0.25, 0.3) is 11.2 Å². The van der Waals surface area contributed by atoms with Crippen LogP contribution < -0.4 is 11.1 Å². The number of carbonyl (C=O) groups excluding carboxylic acids is 2. The van der Waals surface area contributed by atoms with Crippen molar-refractivity contribution in [1.29, 1.82) is 0 Å². The Morgan fingerprint density at radius 3 is 2.69 bits per heavy atom. The molecule has 0 unspecified atom stereocenters. The number of anilines is 2. The zero-order valence-corrected chi connectivity index (χ0v) is 20.8. The lowest BCUT2D eigenvalue weighted by atomic mass is 10.2. The second-order valence-electron chi connectivity index (χ2n) is 8.91. The van der Waals surface area contributed by atoms with E-state index in [0.29, 0.717) is 34.8 Å². The molecule has 2 amide bonds. The fourth-order valence-electron chi connectivity index (χ4n) is 4.25. The van der Waals surface area contributed by atoms with Crippen LogP contribution in [0.4, 0.5) is 16.3 Å². The third-order valence-corrected chi connectivity index (χ3v) is 6.24. The molecule has 2 aromatic heterocycles. The molecule has 192 valence electrons. The zero-order chi connectivity index (χ0) is 25.7. The van der Waals surface area contributed by atoms with Crippen molar-refractivity contribution in [2.24, 2.45) is 0 Å². The average molecular weight is 497 g/mol. The van der Waals surface area contributed by atoms with E-state index < -0.39 is 5.97 Å². The highest BCUT2D eigenvalue weighted by Gasteiger charge is 2.29. The highest BCUT2D eigenvalue weighted by molar-refractivity contribution is 5.92. The summed E-state index contributed by atoms with van der Waals surface area (Å²) in [6.07, 6.45) is 5.75. The van der Waals surface area contributed by atoms with E-state index in [-0.39, 0.29) is 18.4 Å². The number of carbonyl (C=O) groups is 2. The van der Waals surface area contributed by atoms with Gasteiger partial charge in [-0.3, -0.25) is 4.57 Å². The number of methoxy groups -OCH3 is 1. The molecule has 0 bridgehead atoms. The maximum atomic E-state index is 12.5. The number of aromatic nitrogens is 4. The smallest absolute Gasteiger partial charge is 0.337 e.